The van der Waals surface area contributed by atoms with E-state index in [0.29, 0.717) is 12.6 Å². The summed E-state index contributed by atoms with van der Waals surface area (Å²) >= 11 is 0. The zero-order valence-electron chi connectivity index (χ0n) is 16.5. The van der Waals surface area contributed by atoms with Crippen molar-refractivity contribution in [2.45, 2.75) is 75.0 Å². The van der Waals surface area contributed by atoms with Crippen LogP contribution in [0.15, 0.2) is 12.3 Å². The van der Waals surface area contributed by atoms with E-state index in [1.807, 2.05) is 6.20 Å². The van der Waals surface area contributed by atoms with Gasteiger partial charge >= 0.3 is 12.1 Å². The third kappa shape index (κ3) is 5.94. The Morgan fingerprint density at radius 1 is 1.23 bits per heavy atom. The summed E-state index contributed by atoms with van der Waals surface area (Å²) in [7, 11) is -3.07. The Morgan fingerprint density at radius 3 is 2.43 bits per heavy atom. The van der Waals surface area contributed by atoms with Gasteiger partial charge in [0, 0.05) is 31.9 Å². The molecule has 0 bridgehead atoms. The third-order valence-electron chi connectivity index (χ3n) is 5.74. The minimum Gasteiger partial charge on any atom is -0.475 e. The number of carboxylic acid groups (broad SMARTS) is 1. The van der Waals surface area contributed by atoms with E-state index >= 15 is 0 Å². The van der Waals surface area contributed by atoms with Gasteiger partial charge in [0.05, 0.1) is 17.0 Å². The molecule has 0 radical (unpaired) electrons. The van der Waals surface area contributed by atoms with E-state index in [1.165, 1.54) is 31.4 Å². The summed E-state index contributed by atoms with van der Waals surface area (Å²) in [5.74, 6) is -2.76. The highest BCUT2D eigenvalue weighted by atomic mass is 32.2. The summed E-state index contributed by atoms with van der Waals surface area (Å²) in [4.78, 5) is 11.5. The van der Waals surface area contributed by atoms with E-state index in [1.54, 1.807) is 0 Å². The number of halogens is 3. The predicted octanol–water partition coefficient (Wildman–Crippen LogP) is 2.29. The number of carbonyl (C=O) groups is 1. The van der Waals surface area contributed by atoms with Crippen molar-refractivity contribution in [1.29, 1.82) is 0 Å². The average molecular weight is 452 g/mol. The second kappa shape index (κ2) is 9.23. The van der Waals surface area contributed by atoms with Crippen LogP contribution in [0.25, 0.3) is 0 Å². The number of nitrogens with one attached hydrogen (secondary N) is 1. The van der Waals surface area contributed by atoms with Gasteiger partial charge in [0.1, 0.15) is 0 Å². The molecule has 3 aliphatic rings. The van der Waals surface area contributed by atoms with Crippen molar-refractivity contribution in [2.24, 2.45) is 0 Å². The lowest BCUT2D eigenvalue weighted by molar-refractivity contribution is -0.192. The Morgan fingerprint density at radius 2 is 1.87 bits per heavy atom. The third-order valence-corrected chi connectivity index (χ3v) is 7.69. The fraction of sp³-hybridized carbons (Fsp3) is 0.778. The van der Waals surface area contributed by atoms with Gasteiger partial charge in [0.25, 0.3) is 0 Å². The van der Waals surface area contributed by atoms with Crippen molar-refractivity contribution in [3.63, 3.8) is 0 Å². The van der Waals surface area contributed by atoms with Gasteiger partial charge in [0.15, 0.2) is 0 Å². The number of hydrogen-bond acceptors (Lipinski definition) is 5. The standard InChI is InChI=1S/C16H26N4O2S.C2HF3O2/c21-23(22,16-5-6-16)18-10-8-15-12-19(13-3-1-2-4-13)11-14-7-9-17-20(14)15;3-2(4,5)1(6)7/h7,9,13,15-16,18H,1-6,8,10-12H2;(H,6,7). The smallest absolute Gasteiger partial charge is 0.475 e. The normalized spacial score (nSPS) is 23.0. The Balaban J connectivity index is 0.000000318. The first kappa shape index (κ1) is 23.0. The van der Waals surface area contributed by atoms with Crippen LogP contribution in [0.5, 0.6) is 0 Å². The SMILES string of the molecule is O=C(O)C(F)(F)F.O=S(=O)(NCCC1CN(C2CCCC2)Cc2ccnn21)C1CC1. The first-order chi connectivity index (χ1) is 14.1. The van der Waals surface area contributed by atoms with E-state index in [0.717, 1.165) is 32.4 Å². The number of aliphatic carboxylic acids is 1. The summed E-state index contributed by atoms with van der Waals surface area (Å²) < 4.78 is 60.6. The Hall–Kier alpha value is -1.66. The number of sulfonamides is 1. The second-order valence-electron chi connectivity index (χ2n) is 8.02. The van der Waals surface area contributed by atoms with Crippen molar-refractivity contribution < 1.29 is 31.5 Å². The fourth-order valence-corrected chi connectivity index (χ4v) is 5.44. The van der Waals surface area contributed by atoms with E-state index in [4.69, 9.17) is 9.90 Å². The lowest BCUT2D eigenvalue weighted by Crippen LogP contribution is -2.43. The molecule has 2 fully saturated rings. The molecule has 30 heavy (non-hydrogen) atoms. The average Bonchev–Trinajstić information content (AvgIpc) is 3.19. The molecule has 2 aliphatic carbocycles. The molecule has 2 N–H and O–H groups in total. The summed E-state index contributed by atoms with van der Waals surface area (Å²) in [6.45, 7) is 2.49. The number of nitrogens with zero attached hydrogens (tertiary/aromatic N) is 3. The lowest BCUT2D eigenvalue weighted by atomic mass is 10.1. The van der Waals surface area contributed by atoms with Crippen LogP contribution in [0, 0.1) is 0 Å². The molecule has 12 heteroatoms. The minimum atomic E-state index is -5.08. The van der Waals surface area contributed by atoms with Crippen molar-refractivity contribution in [1.82, 2.24) is 19.4 Å². The molecule has 1 aromatic heterocycles. The first-order valence-electron chi connectivity index (χ1n) is 10.1. The maximum absolute atomic E-state index is 12.0. The topological polar surface area (TPSA) is 105 Å². The molecule has 170 valence electrons. The molecular formula is C18H27F3N4O4S. The van der Waals surface area contributed by atoms with Gasteiger partial charge in [-0.15, -0.1) is 0 Å². The molecule has 4 rings (SSSR count). The van der Waals surface area contributed by atoms with Gasteiger partial charge in [-0.2, -0.15) is 18.3 Å². The maximum atomic E-state index is 12.0. The van der Waals surface area contributed by atoms with Crippen molar-refractivity contribution in [3.8, 4) is 0 Å². The number of hydrogen-bond donors (Lipinski definition) is 2. The van der Waals surface area contributed by atoms with Gasteiger partial charge in [-0.05, 0) is 38.2 Å². The fourth-order valence-electron chi connectivity index (χ4n) is 4.04. The summed E-state index contributed by atoms with van der Waals surface area (Å²) in [6, 6.07) is 3.07. The monoisotopic (exact) mass is 452 g/mol. The molecule has 8 nitrogen and oxygen atoms in total. The minimum absolute atomic E-state index is 0.135. The van der Waals surface area contributed by atoms with E-state index in [2.05, 4.69) is 25.5 Å². The van der Waals surface area contributed by atoms with Crippen LogP contribution >= 0.6 is 0 Å². The van der Waals surface area contributed by atoms with E-state index in [9.17, 15) is 21.6 Å². The van der Waals surface area contributed by atoms with Crippen LogP contribution in [-0.2, 0) is 21.4 Å². The van der Waals surface area contributed by atoms with Crippen LogP contribution in [0.2, 0.25) is 0 Å². The molecule has 0 saturated heterocycles. The predicted molar refractivity (Wildman–Crippen MR) is 102 cm³/mol. The van der Waals surface area contributed by atoms with Crippen molar-refractivity contribution in [3.05, 3.63) is 18.0 Å². The van der Waals surface area contributed by atoms with Crippen LogP contribution < -0.4 is 4.72 Å². The van der Waals surface area contributed by atoms with Crippen LogP contribution in [0.3, 0.4) is 0 Å². The molecule has 0 aromatic carbocycles. The molecule has 2 heterocycles. The Kier molecular flexibility index (Phi) is 7.08. The zero-order chi connectivity index (χ0) is 21.9. The van der Waals surface area contributed by atoms with Crippen molar-refractivity contribution >= 4 is 16.0 Å². The molecule has 0 amide bonds. The van der Waals surface area contributed by atoms with Crippen molar-refractivity contribution in [2.75, 3.05) is 13.1 Å². The number of aromatic nitrogens is 2. The highest BCUT2D eigenvalue weighted by Gasteiger charge is 2.38. The van der Waals surface area contributed by atoms with Gasteiger partial charge in [-0.3, -0.25) is 9.58 Å². The summed E-state index contributed by atoms with van der Waals surface area (Å²) in [5.41, 5.74) is 1.26. The Labute approximate surface area is 173 Å². The Bertz CT molecular complexity index is 833. The highest BCUT2D eigenvalue weighted by molar-refractivity contribution is 7.90. The quantitative estimate of drug-likeness (QED) is 0.686. The summed E-state index contributed by atoms with van der Waals surface area (Å²) in [6.07, 6.45) is 4.51. The largest absolute Gasteiger partial charge is 0.490 e. The molecule has 0 spiro atoms. The molecule has 1 aromatic rings. The molecule has 1 atom stereocenters. The number of carboxylic acids is 1. The van der Waals surface area contributed by atoms with Gasteiger partial charge < -0.3 is 5.11 Å². The van der Waals surface area contributed by atoms with Crippen LogP contribution in [0.4, 0.5) is 13.2 Å². The van der Waals surface area contributed by atoms with Gasteiger partial charge in [-0.25, -0.2) is 17.9 Å². The zero-order valence-corrected chi connectivity index (χ0v) is 17.3. The summed E-state index contributed by atoms with van der Waals surface area (Å²) in [5, 5.41) is 11.5. The molecule has 1 unspecified atom stereocenters. The number of rotatable bonds is 6. The molecule has 2 saturated carbocycles. The molecular weight excluding hydrogens is 425 g/mol. The number of fused-ring (bicyclic) bond motifs is 1. The maximum Gasteiger partial charge on any atom is 0.490 e. The van der Waals surface area contributed by atoms with E-state index in [-0.39, 0.29) is 11.3 Å². The van der Waals surface area contributed by atoms with Crippen LogP contribution in [0.1, 0.15) is 56.7 Å². The molecule has 1 aliphatic heterocycles. The number of alkyl halides is 3. The first-order valence-corrected chi connectivity index (χ1v) is 11.7. The van der Waals surface area contributed by atoms with Gasteiger partial charge in [-0.1, -0.05) is 12.8 Å². The van der Waals surface area contributed by atoms with Crippen LogP contribution in [-0.4, -0.2) is 64.7 Å². The second-order valence-corrected chi connectivity index (χ2v) is 10.1. The van der Waals surface area contributed by atoms with Gasteiger partial charge in [0.2, 0.25) is 10.0 Å². The van der Waals surface area contributed by atoms with E-state index < -0.39 is 22.2 Å². The highest BCUT2D eigenvalue weighted by Crippen LogP contribution is 2.31. The lowest BCUT2D eigenvalue weighted by Gasteiger charge is -2.37.